The van der Waals surface area contributed by atoms with Crippen LogP contribution in [0.2, 0.25) is 0 Å². The number of hydrogen-bond acceptors (Lipinski definition) is 4. The van der Waals surface area contributed by atoms with Crippen LogP contribution < -0.4 is 0 Å². The van der Waals surface area contributed by atoms with Crippen LogP contribution in [0, 0.1) is 10.1 Å². The summed E-state index contributed by atoms with van der Waals surface area (Å²) in [5, 5.41) is 19.8. The zero-order chi connectivity index (χ0) is 18.6. The number of benzene rings is 3. The van der Waals surface area contributed by atoms with E-state index in [2.05, 4.69) is 10.2 Å². The molecule has 0 amide bonds. The SMILES string of the molecule is O=[N+]([O-])c1ccc(-c2cc(-c3ccccc3)nnc2-c2ccccc2)cc1. The summed E-state index contributed by atoms with van der Waals surface area (Å²) in [6, 6.07) is 28.1. The number of rotatable bonds is 4. The molecular formula is C22H15N3O2. The van der Waals surface area contributed by atoms with Gasteiger partial charge >= 0.3 is 0 Å². The van der Waals surface area contributed by atoms with Gasteiger partial charge < -0.3 is 0 Å². The smallest absolute Gasteiger partial charge is 0.258 e. The zero-order valence-corrected chi connectivity index (χ0v) is 14.3. The van der Waals surface area contributed by atoms with Gasteiger partial charge in [0.05, 0.1) is 10.6 Å². The van der Waals surface area contributed by atoms with Crippen LogP contribution in [-0.2, 0) is 0 Å². The van der Waals surface area contributed by atoms with Gasteiger partial charge in [-0.05, 0) is 23.8 Å². The molecule has 0 aliphatic heterocycles. The van der Waals surface area contributed by atoms with E-state index in [4.69, 9.17) is 0 Å². The molecule has 0 bridgehead atoms. The Kier molecular flexibility index (Phi) is 4.41. The lowest BCUT2D eigenvalue weighted by Crippen LogP contribution is -1.96. The highest BCUT2D eigenvalue weighted by molar-refractivity contribution is 5.83. The fourth-order valence-corrected chi connectivity index (χ4v) is 2.93. The van der Waals surface area contributed by atoms with Gasteiger partial charge in [-0.1, -0.05) is 60.7 Å². The van der Waals surface area contributed by atoms with Crippen LogP contribution in [0.4, 0.5) is 5.69 Å². The molecule has 0 spiro atoms. The zero-order valence-electron chi connectivity index (χ0n) is 14.3. The van der Waals surface area contributed by atoms with Crippen molar-refractivity contribution in [1.82, 2.24) is 10.2 Å². The van der Waals surface area contributed by atoms with Gasteiger partial charge in [-0.2, -0.15) is 0 Å². The highest BCUT2D eigenvalue weighted by Gasteiger charge is 2.14. The summed E-state index contributed by atoms with van der Waals surface area (Å²) in [4.78, 5) is 10.6. The van der Waals surface area contributed by atoms with E-state index in [9.17, 15) is 10.1 Å². The molecule has 0 fully saturated rings. The van der Waals surface area contributed by atoms with Crippen LogP contribution in [0.25, 0.3) is 33.6 Å². The van der Waals surface area contributed by atoms with E-state index in [1.54, 1.807) is 12.1 Å². The number of non-ortho nitro benzene ring substituents is 1. The average Bonchev–Trinajstić information content (AvgIpc) is 2.74. The van der Waals surface area contributed by atoms with Crippen LogP contribution in [0.1, 0.15) is 0 Å². The van der Waals surface area contributed by atoms with E-state index < -0.39 is 4.92 Å². The van der Waals surface area contributed by atoms with E-state index in [0.29, 0.717) is 0 Å². The maximum absolute atomic E-state index is 11.0. The first-order valence-electron chi connectivity index (χ1n) is 8.46. The number of nitro groups is 1. The molecule has 4 aromatic rings. The minimum Gasteiger partial charge on any atom is -0.258 e. The quantitative estimate of drug-likeness (QED) is 0.364. The summed E-state index contributed by atoms with van der Waals surface area (Å²) in [6.45, 7) is 0. The van der Waals surface area contributed by atoms with Crippen LogP contribution >= 0.6 is 0 Å². The largest absolute Gasteiger partial charge is 0.269 e. The Hall–Kier alpha value is -3.86. The van der Waals surface area contributed by atoms with E-state index in [0.717, 1.165) is 33.6 Å². The van der Waals surface area contributed by atoms with Crippen LogP contribution in [-0.4, -0.2) is 15.1 Å². The Labute approximate surface area is 156 Å². The molecule has 0 atom stereocenters. The van der Waals surface area contributed by atoms with Gasteiger partial charge in [0.1, 0.15) is 5.69 Å². The van der Waals surface area contributed by atoms with Crippen molar-refractivity contribution in [1.29, 1.82) is 0 Å². The van der Waals surface area contributed by atoms with Gasteiger partial charge in [0.15, 0.2) is 0 Å². The normalized spacial score (nSPS) is 10.5. The predicted octanol–water partition coefficient (Wildman–Crippen LogP) is 5.39. The third kappa shape index (κ3) is 3.43. The van der Waals surface area contributed by atoms with Crippen molar-refractivity contribution in [3.8, 4) is 33.6 Å². The first-order chi connectivity index (χ1) is 13.2. The van der Waals surface area contributed by atoms with E-state index in [1.807, 2.05) is 66.7 Å². The molecule has 27 heavy (non-hydrogen) atoms. The van der Waals surface area contributed by atoms with Crippen molar-refractivity contribution in [2.24, 2.45) is 0 Å². The van der Waals surface area contributed by atoms with E-state index >= 15 is 0 Å². The van der Waals surface area contributed by atoms with Crippen LogP contribution in [0.3, 0.4) is 0 Å². The molecule has 4 rings (SSSR count). The maximum Gasteiger partial charge on any atom is 0.269 e. The summed E-state index contributed by atoms with van der Waals surface area (Å²) in [5.74, 6) is 0. The van der Waals surface area contributed by atoms with E-state index in [1.165, 1.54) is 12.1 Å². The molecule has 5 nitrogen and oxygen atoms in total. The molecule has 0 saturated heterocycles. The minimum absolute atomic E-state index is 0.0605. The number of aromatic nitrogens is 2. The number of nitrogens with zero attached hydrogens (tertiary/aromatic N) is 3. The lowest BCUT2D eigenvalue weighted by atomic mass is 9.98. The second kappa shape index (κ2) is 7.17. The Morgan fingerprint density at radius 2 is 1.26 bits per heavy atom. The molecule has 0 aliphatic carbocycles. The van der Waals surface area contributed by atoms with Crippen molar-refractivity contribution < 1.29 is 4.92 Å². The molecule has 5 heteroatoms. The molecule has 3 aromatic carbocycles. The third-order valence-electron chi connectivity index (χ3n) is 4.30. The second-order valence-electron chi connectivity index (χ2n) is 6.03. The first-order valence-corrected chi connectivity index (χ1v) is 8.46. The van der Waals surface area contributed by atoms with Gasteiger partial charge in [-0.25, -0.2) is 0 Å². The fraction of sp³-hybridized carbons (Fsp3) is 0. The molecule has 0 N–H and O–H groups in total. The predicted molar refractivity (Wildman–Crippen MR) is 105 cm³/mol. The van der Waals surface area contributed by atoms with Crippen molar-refractivity contribution in [2.45, 2.75) is 0 Å². The summed E-state index contributed by atoms with van der Waals surface area (Å²) in [7, 11) is 0. The summed E-state index contributed by atoms with van der Waals surface area (Å²) in [6.07, 6.45) is 0. The summed E-state index contributed by atoms with van der Waals surface area (Å²) in [5.41, 5.74) is 5.19. The summed E-state index contributed by atoms with van der Waals surface area (Å²) < 4.78 is 0. The molecule has 0 radical (unpaired) electrons. The number of hydrogen-bond donors (Lipinski definition) is 0. The topological polar surface area (TPSA) is 68.9 Å². The Morgan fingerprint density at radius 3 is 1.85 bits per heavy atom. The molecule has 0 unspecified atom stereocenters. The van der Waals surface area contributed by atoms with Crippen LogP contribution in [0.5, 0.6) is 0 Å². The third-order valence-corrected chi connectivity index (χ3v) is 4.30. The fourth-order valence-electron chi connectivity index (χ4n) is 2.93. The highest BCUT2D eigenvalue weighted by Crippen LogP contribution is 2.33. The molecule has 130 valence electrons. The van der Waals surface area contributed by atoms with E-state index in [-0.39, 0.29) is 5.69 Å². The van der Waals surface area contributed by atoms with Gasteiger partial charge in [-0.3, -0.25) is 10.1 Å². The lowest BCUT2D eigenvalue weighted by Gasteiger charge is -2.11. The van der Waals surface area contributed by atoms with Crippen LogP contribution in [0.15, 0.2) is 91.0 Å². The Morgan fingerprint density at radius 1 is 0.667 bits per heavy atom. The first kappa shape index (κ1) is 16.6. The van der Waals surface area contributed by atoms with Gasteiger partial charge in [-0.15, -0.1) is 10.2 Å². The van der Waals surface area contributed by atoms with Crippen molar-refractivity contribution in [2.75, 3.05) is 0 Å². The van der Waals surface area contributed by atoms with Crippen molar-refractivity contribution >= 4 is 5.69 Å². The average molecular weight is 353 g/mol. The molecule has 1 heterocycles. The lowest BCUT2D eigenvalue weighted by molar-refractivity contribution is -0.384. The second-order valence-corrected chi connectivity index (χ2v) is 6.03. The van der Waals surface area contributed by atoms with Gasteiger partial charge in [0, 0.05) is 28.8 Å². The summed E-state index contributed by atoms with van der Waals surface area (Å²) >= 11 is 0. The Bertz CT molecular complexity index is 1080. The molecule has 0 aliphatic rings. The van der Waals surface area contributed by atoms with Gasteiger partial charge in [0.25, 0.3) is 5.69 Å². The minimum atomic E-state index is -0.401. The molecular weight excluding hydrogens is 338 g/mol. The van der Waals surface area contributed by atoms with Crippen molar-refractivity contribution in [3.05, 3.63) is 101 Å². The highest BCUT2D eigenvalue weighted by atomic mass is 16.6. The Balaban J connectivity index is 1.89. The molecule has 0 saturated carbocycles. The standard InChI is InChI=1S/C22H15N3O2/c26-25(27)19-13-11-16(12-14-19)20-15-21(17-7-3-1-4-8-17)23-24-22(20)18-9-5-2-6-10-18/h1-15H. The van der Waals surface area contributed by atoms with Crippen molar-refractivity contribution in [3.63, 3.8) is 0 Å². The number of nitro benzene ring substituents is 1. The van der Waals surface area contributed by atoms with Gasteiger partial charge in [0.2, 0.25) is 0 Å². The maximum atomic E-state index is 11.0. The monoisotopic (exact) mass is 353 g/mol. The molecule has 1 aromatic heterocycles.